The molecule has 0 atom stereocenters. The van der Waals surface area contributed by atoms with E-state index in [9.17, 15) is 9.90 Å². The summed E-state index contributed by atoms with van der Waals surface area (Å²) < 4.78 is 1.68. The summed E-state index contributed by atoms with van der Waals surface area (Å²) >= 11 is 0. The number of aliphatic hydroxyl groups is 1. The second-order valence-corrected chi connectivity index (χ2v) is 6.10. The van der Waals surface area contributed by atoms with Gasteiger partial charge in [0.2, 0.25) is 0 Å². The van der Waals surface area contributed by atoms with Crippen LogP contribution in [0.2, 0.25) is 0 Å². The Morgan fingerprint density at radius 1 is 1.39 bits per heavy atom. The first-order chi connectivity index (χ1) is 11.1. The van der Waals surface area contributed by atoms with Gasteiger partial charge >= 0.3 is 6.03 Å². The highest BCUT2D eigenvalue weighted by Gasteiger charge is 2.36. The largest absolute Gasteiger partial charge is 0.388 e. The van der Waals surface area contributed by atoms with Gasteiger partial charge in [-0.15, -0.1) is 0 Å². The van der Waals surface area contributed by atoms with E-state index < -0.39 is 5.60 Å². The third-order valence-corrected chi connectivity index (χ3v) is 4.23. The van der Waals surface area contributed by atoms with E-state index in [1.165, 1.54) is 6.33 Å². The van der Waals surface area contributed by atoms with Crippen molar-refractivity contribution in [2.24, 2.45) is 0 Å². The molecule has 23 heavy (non-hydrogen) atoms. The molecule has 122 valence electrons. The second kappa shape index (κ2) is 6.37. The van der Waals surface area contributed by atoms with E-state index in [2.05, 4.69) is 15.4 Å². The zero-order chi connectivity index (χ0) is 16.3. The molecule has 0 spiro atoms. The Balaban J connectivity index is 1.50. The summed E-state index contributed by atoms with van der Waals surface area (Å²) in [5.41, 5.74) is 1.23. The van der Waals surface area contributed by atoms with Crippen molar-refractivity contribution in [3.63, 3.8) is 0 Å². The van der Waals surface area contributed by atoms with Crippen LogP contribution in [0.5, 0.6) is 0 Å². The molecule has 1 aliphatic rings. The SMILES string of the molecule is CN(CC1(O)CCC1)C(=O)NCc1ccc(-n2cncn2)cc1. The number of aromatic nitrogens is 3. The van der Waals surface area contributed by atoms with Crippen LogP contribution in [-0.2, 0) is 6.54 Å². The molecule has 7 nitrogen and oxygen atoms in total. The van der Waals surface area contributed by atoms with Crippen LogP contribution in [0, 0.1) is 0 Å². The summed E-state index contributed by atoms with van der Waals surface area (Å²) in [5.74, 6) is 0. The normalized spacial score (nSPS) is 15.7. The number of urea groups is 1. The Hall–Kier alpha value is -2.41. The maximum absolute atomic E-state index is 12.1. The Labute approximate surface area is 134 Å². The van der Waals surface area contributed by atoms with Crippen LogP contribution >= 0.6 is 0 Å². The lowest BCUT2D eigenvalue weighted by atomic mass is 9.80. The van der Waals surface area contributed by atoms with Crippen molar-refractivity contribution < 1.29 is 9.90 Å². The fourth-order valence-corrected chi connectivity index (χ4v) is 2.68. The van der Waals surface area contributed by atoms with Crippen molar-refractivity contribution in [1.82, 2.24) is 25.0 Å². The lowest BCUT2D eigenvalue weighted by molar-refractivity contribution is -0.0475. The first-order valence-electron chi connectivity index (χ1n) is 7.71. The third kappa shape index (κ3) is 3.68. The number of hydrogen-bond donors (Lipinski definition) is 2. The minimum Gasteiger partial charge on any atom is -0.388 e. The van der Waals surface area contributed by atoms with Crippen molar-refractivity contribution >= 4 is 6.03 Å². The molecule has 0 saturated heterocycles. The quantitative estimate of drug-likeness (QED) is 0.872. The maximum atomic E-state index is 12.1. The van der Waals surface area contributed by atoms with Gasteiger partial charge in [-0.05, 0) is 37.0 Å². The number of rotatable bonds is 5. The highest BCUT2D eigenvalue weighted by atomic mass is 16.3. The number of carbonyl (C=O) groups excluding carboxylic acids is 1. The van der Waals surface area contributed by atoms with Gasteiger partial charge in [0, 0.05) is 13.6 Å². The van der Waals surface area contributed by atoms with Gasteiger partial charge < -0.3 is 15.3 Å². The van der Waals surface area contributed by atoms with Crippen LogP contribution in [0.4, 0.5) is 4.79 Å². The maximum Gasteiger partial charge on any atom is 0.317 e. The number of amides is 2. The van der Waals surface area contributed by atoms with Crippen molar-refractivity contribution in [1.29, 1.82) is 0 Å². The average molecular weight is 315 g/mol. The molecule has 1 fully saturated rings. The van der Waals surface area contributed by atoms with Gasteiger partial charge in [-0.1, -0.05) is 12.1 Å². The number of nitrogens with zero attached hydrogens (tertiary/aromatic N) is 4. The molecule has 0 radical (unpaired) electrons. The van der Waals surface area contributed by atoms with Gasteiger partial charge in [0.1, 0.15) is 12.7 Å². The topological polar surface area (TPSA) is 83.3 Å². The number of carbonyl (C=O) groups is 1. The van der Waals surface area contributed by atoms with Crippen LogP contribution in [0.3, 0.4) is 0 Å². The Morgan fingerprint density at radius 3 is 2.70 bits per heavy atom. The fourth-order valence-electron chi connectivity index (χ4n) is 2.68. The van der Waals surface area contributed by atoms with Gasteiger partial charge in [-0.3, -0.25) is 0 Å². The van der Waals surface area contributed by atoms with E-state index in [1.54, 1.807) is 23.0 Å². The molecule has 1 aromatic heterocycles. The summed E-state index contributed by atoms with van der Waals surface area (Å²) in [6, 6.07) is 7.56. The van der Waals surface area contributed by atoms with Crippen LogP contribution in [-0.4, -0.2) is 50.0 Å². The summed E-state index contributed by atoms with van der Waals surface area (Å²) in [6.45, 7) is 0.823. The minimum atomic E-state index is -0.689. The van der Waals surface area contributed by atoms with Crippen LogP contribution in [0.25, 0.3) is 5.69 Å². The lowest BCUT2D eigenvalue weighted by Crippen LogP contribution is -2.50. The lowest BCUT2D eigenvalue weighted by Gasteiger charge is -2.39. The fraction of sp³-hybridized carbons (Fsp3) is 0.438. The van der Waals surface area contributed by atoms with Gasteiger partial charge in [0.15, 0.2) is 0 Å². The number of nitrogens with one attached hydrogen (secondary N) is 1. The predicted molar refractivity (Wildman–Crippen MR) is 85.0 cm³/mol. The summed E-state index contributed by atoms with van der Waals surface area (Å²) in [7, 11) is 1.71. The molecule has 1 aromatic carbocycles. The molecule has 7 heteroatoms. The number of benzene rings is 1. The molecular weight excluding hydrogens is 294 g/mol. The third-order valence-electron chi connectivity index (χ3n) is 4.23. The van der Waals surface area contributed by atoms with E-state index in [0.29, 0.717) is 13.1 Å². The Morgan fingerprint density at radius 2 is 2.13 bits per heavy atom. The number of hydrogen-bond acceptors (Lipinski definition) is 4. The summed E-state index contributed by atoms with van der Waals surface area (Å²) in [5, 5.41) is 17.0. The molecule has 2 amide bonds. The van der Waals surface area contributed by atoms with Crippen molar-refractivity contribution in [3.8, 4) is 5.69 Å². The molecule has 0 aliphatic heterocycles. The molecule has 2 aromatic rings. The Kier molecular flexibility index (Phi) is 4.29. The smallest absolute Gasteiger partial charge is 0.317 e. The van der Waals surface area contributed by atoms with E-state index in [-0.39, 0.29) is 6.03 Å². The zero-order valence-corrected chi connectivity index (χ0v) is 13.1. The first-order valence-corrected chi connectivity index (χ1v) is 7.71. The van der Waals surface area contributed by atoms with Crippen LogP contribution in [0.15, 0.2) is 36.9 Å². The Bertz CT molecular complexity index is 650. The zero-order valence-electron chi connectivity index (χ0n) is 13.1. The highest BCUT2D eigenvalue weighted by Crippen LogP contribution is 2.31. The highest BCUT2D eigenvalue weighted by molar-refractivity contribution is 5.74. The van der Waals surface area contributed by atoms with Gasteiger partial charge in [-0.2, -0.15) is 5.10 Å². The second-order valence-electron chi connectivity index (χ2n) is 6.10. The standard InChI is InChI=1S/C16H21N5O2/c1-20(10-16(23)7-2-8-16)15(22)18-9-13-3-5-14(6-4-13)21-12-17-11-19-21/h3-6,11-12,23H,2,7-10H2,1H3,(H,18,22). The summed E-state index contributed by atoms with van der Waals surface area (Å²) in [6.07, 6.45) is 5.70. The van der Waals surface area contributed by atoms with E-state index in [1.807, 2.05) is 24.3 Å². The van der Waals surface area contributed by atoms with Crippen molar-refractivity contribution in [2.75, 3.05) is 13.6 Å². The average Bonchev–Trinajstić information content (AvgIpc) is 3.06. The molecule has 2 N–H and O–H groups in total. The van der Waals surface area contributed by atoms with Crippen LogP contribution < -0.4 is 5.32 Å². The number of likely N-dealkylation sites (N-methyl/N-ethyl adjacent to an activating group) is 1. The van der Waals surface area contributed by atoms with E-state index in [4.69, 9.17) is 0 Å². The molecule has 0 bridgehead atoms. The van der Waals surface area contributed by atoms with E-state index >= 15 is 0 Å². The van der Waals surface area contributed by atoms with Crippen LogP contribution in [0.1, 0.15) is 24.8 Å². The molecule has 1 heterocycles. The van der Waals surface area contributed by atoms with Gasteiger partial charge in [-0.25, -0.2) is 14.5 Å². The first kappa shape index (κ1) is 15.5. The van der Waals surface area contributed by atoms with Crippen molar-refractivity contribution in [2.45, 2.75) is 31.4 Å². The monoisotopic (exact) mass is 315 g/mol. The molecule has 1 aliphatic carbocycles. The van der Waals surface area contributed by atoms with Gasteiger partial charge in [0.05, 0.1) is 17.8 Å². The van der Waals surface area contributed by atoms with Gasteiger partial charge in [0.25, 0.3) is 0 Å². The van der Waals surface area contributed by atoms with E-state index in [0.717, 1.165) is 30.5 Å². The molecule has 1 saturated carbocycles. The minimum absolute atomic E-state index is 0.175. The molecule has 0 unspecified atom stereocenters. The molecular formula is C16H21N5O2. The predicted octanol–water partition coefficient (Wildman–Crippen LogP) is 1.32. The molecule has 3 rings (SSSR count). The van der Waals surface area contributed by atoms with Crippen molar-refractivity contribution in [3.05, 3.63) is 42.5 Å². The summed E-state index contributed by atoms with van der Waals surface area (Å²) in [4.78, 5) is 17.5.